The van der Waals surface area contributed by atoms with E-state index in [0.717, 1.165) is 18.6 Å². The number of hydrogen-bond acceptors (Lipinski definition) is 4. The van der Waals surface area contributed by atoms with Crippen molar-refractivity contribution in [3.05, 3.63) is 30.3 Å². The fourth-order valence-electron chi connectivity index (χ4n) is 1.40. The fourth-order valence-corrected chi connectivity index (χ4v) is 1.40. The Hall–Kier alpha value is -1.75. The van der Waals surface area contributed by atoms with Crippen LogP contribution in [0.15, 0.2) is 35.5 Å². The number of para-hydroxylation sites is 1. The lowest BCUT2D eigenvalue weighted by atomic mass is 10.2. The Morgan fingerprint density at radius 3 is 2.61 bits per heavy atom. The smallest absolute Gasteiger partial charge is 0.139 e. The van der Waals surface area contributed by atoms with E-state index in [1.54, 1.807) is 0 Å². The van der Waals surface area contributed by atoms with E-state index in [1.165, 1.54) is 0 Å². The van der Waals surface area contributed by atoms with Crippen LogP contribution in [-0.4, -0.2) is 30.9 Å². The number of ether oxygens (including phenoxy) is 2. The van der Waals surface area contributed by atoms with Gasteiger partial charge in [0.2, 0.25) is 0 Å². The standard InChI is InChI=1S/C13H20N2O3/c14-13(15-16)8-4-5-9-17-10-11-18-12-6-2-1-3-7-12/h1-3,6-7,16H,4-5,8-11H2,(H2,14,15). The Labute approximate surface area is 107 Å². The van der Waals surface area contributed by atoms with Crippen molar-refractivity contribution in [2.45, 2.75) is 19.3 Å². The number of unbranched alkanes of at least 4 members (excludes halogenated alkanes) is 1. The average Bonchev–Trinajstić information content (AvgIpc) is 2.42. The fraction of sp³-hybridized carbons (Fsp3) is 0.462. The highest BCUT2D eigenvalue weighted by atomic mass is 16.5. The van der Waals surface area contributed by atoms with E-state index in [-0.39, 0.29) is 5.84 Å². The summed E-state index contributed by atoms with van der Waals surface area (Å²) in [5.41, 5.74) is 5.34. The number of nitrogens with two attached hydrogens (primary N) is 1. The summed E-state index contributed by atoms with van der Waals surface area (Å²) in [4.78, 5) is 0. The van der Waals surface area contributed by atoms with E-state index >= 15 is 0 Å². The first-order valence-electron chi connectivity index (χ1n) is 6.05. The van der Waals surface area contributed by atoms with Gasteiger partial charge in [0.25, 0.3) is 0 Å². The summed E-state index contributed by atoms with van der Waals surface area (Å²) >= 11 is 0. The molecule has 0 aliphatic heterocycles. The van der Waals surface area contributed by atoms with Crippen LogP contribution in [0.4, 0.5) is 0 Å². The van der Waals surface area contributed by atoms with Gasteiger partial charge in [-0.3, -0.25) is 0 Å². The van der Waals surface area contributed by atoms with Crippen LogP contribution in [0, 0.1) is 0 Å². The van der Waals surface area contributed by atoms with Crippen LogP contribution >= 0.6 is 0 Å². The second-order valence-corrected chi connectivity index (χ2v) is 3.82. The van der Waals surface area contributed by atoms with Crippen molar-refractivity contribution >= 4 is 5.84 Å². The van der Waals surface area contributed by atoms with Gasteiger partial charge in [0, 0.05) is 13.0 Å². The van der Waals surface area contributed by atoms with Crippen molar-refractivity contribution in [2.75, 3.05) is 19.8 Å². The van der Waals surface area contributed by atoms with Crippen molar-refractivity contribution in [3.8, 4) is 5.75 Å². The van der Waals surface area contributed by atoms with Crippen LogP contribution in [0.25, 0.3) is 0 Å². The molecule has 5 heteroatoms. The highest BCUT2D eigenvalue weighted by molar-refractivity contribution is 5.79. The Bertz CT molecular complexity index is 341. The molecule has 18 heavy (non-hydrogen) atoms. The van der Waals surface area contributed by atoms with Crippen LogP contribution in [0.5, 0.6) is 5.75 Å². The van der Waals surface area contributed by atoms with Crippen LogP contribution in [0.1, 0.15) is 19.3 Å². The van der Waals surface area contributed by atoms with E-state index in [9.17, 15) is 0 Å². The van der Waals surface area contributed by atoms with Gasteiger partial charge in [0.05, 0.1) is 6.61 Å². The molecule has 1 aromatic carbocycles. The molecule has 100 valence electrons. The van der Waals surface area contributed by atoms with Crippen molar-refractivity contribution < 1.29 is 14.7 Å². The van der Waals surface area contributed by atoms with Crippen molar-refractivity contribution in [3.63, 3.8) is 0 Å². The van der Waals surface area contributed by atoms with Gasteiger partial charge in [-0.25, -0.2) is 0 Å². The Kier molecular flexibility index (Phi) is 7.39. The van der Waals surface area contributed by atoms with Crippen molar-refractivity contribution in [1.29, 1.82) is 0 Å². The van der Waals surface area contributed by atoms with E-state index in [2.05, 4.69) is 5.16 Å². The van der Waals surface area contributed by atoms with Gasteiger partial charge in [-0.15, -0.1) is 0 Å². The van der Waals surface area contributed by atoms with Gasteiger partial charge in [-0.1, -0.05) is 23.4 Å². The second kappa shape index (κ2) is 9.30. The predicted molar refractivity (Wildman–Crippen MR) is 70.0 cm³/mol. The summed E-state index contributed by atoms with van der Waals surface area (Å²) in [6, 6.07) is 9.64. The first-order valence-corrected chi connectivity index (χ1v) is 6.05. The summed E-state index contributed by atoms with van der Waals surface area (Å²) in [6.07, 6.45) is 2.34. The lowest BCUT2D eigenvalue weighted by Crippen LogP contribution is -2.12. The molecular weight excluding hydrogens is 232 g/mol. The van der Waals surface area contributed by atoms with Gasteiger partial charge in [-0.05, 0) is 25.0 Å². The molecule has 0 fully saturated rings. The molecule has 0 aliphatic carbocycles. The maximum Gasteiger partial charge on any atom is 0.139 e. The number of amidine groups is 1. The lowest BCUT2D eigenvalue weighted by molar-refractivity contribution is 0.0977. The molecule has 5 nitrogen and oxygen atoms in total. The van der Waals surface area contributed by atoms with Crippen LogP contribution in [-0.2, 0) is 4.74 Å². The van der Waals surface area contributed by atoms with Gasteiger partial charge >= 0.3 is 0 Å². The largest absolute Gasteiger partial charge is 0.491 e. The zero-order valence-electron chi connectivity index (χ0n) is 10.4. The summed E-state index contributed by atoms with van der Waals surface area (Å²) < 4.78 is 10.9. The molecular formula is C13H20N2O3. The first-order chi connectivity index (χ1) is 8.83. The number of oxime groups is 1. The number of hydrogen-bond donors (Lipinski definition) is 2. The van der Waals surface area contributed by atoms with Crippen molar-refractivity contribution in [2.24, 2.45) is 10.9 Å². The maximum absolute atomic E-state index is 8.33. The average molecular weight is 252 g/mol. The molecule has 1 rings (SSSR count). The number of rotatable bonds is 9. The maximum atomic E-state index is 8.33. The van der Waals surface area contributed by atoms with Crippen LogP contribution < -0.4 is 10.5 Å². The third kappa shape index (κ3) is 6.75. The normalized spacial score (nSPS) is 11.4. The molecule has 1 aromatic rings. The Balaban J connectivity index is 1.90. The summed E-state index contributed by atoms with van der Waals surface area (Å²) in [5.74, 6) is 1.12. The lowest BCUT2D eigenvalue weighted by Gasteiger charge is -2.06. The highest BCUT2D eigenvalue weighted by Gasteiger charge is 1.95. The monoisotopic (exact) mass is 252 g/mol. The summed E-state index contributed by atoms with van der Waals surface area (Å²) in [6.45, 7) is 1.78. The Morgan fingerprint density at radius 2 is 1.89 bits per heavy atom. The van der Waals surface area contributed by atoms with Gasteiger partial charge in [0.1, 0.15) is 18.2 Å². The molecule has 0 aliphatic rings. The molecule has 0 unspecified atom stereocenters. The van der Waals surface area contributed by atoms with E-state index in [1.807, 2.05) is 30.3 Å². The SMILES string of the molecule is NC(CCCCOCCOc1ccccc1)=NO. The zero-order valence-corrected chi connectivity index (χ0v) is 10.4. The molecule has 0 atom stereocenters. The third-order valence-corrected chi connectivity index (χ3v) is 2.34. The van der Waals surface area contributed by atoms with Crippen LogP contribution in [0.2, 0.25) is 0 Å². The number of nitrogens with zero attached hydrogens (tertiary/aromatic N) is 1. The molecule has 3 N–H and O–H groups in total. The van der Waals surface area contributed by atoms with E-state index in [4.69, 9.17) is 20.4 Å². The summed E-state index contributed by atoms with van der Waals surface area (Å²) in [7, 11) is 0. The quantitative estimate of drug-likeness (QED) is 0.232. The van der Waals surface area contributed by atoms with Crippen molar-refractivity contribution in [1.82, 2.24) is 0 Å². The summed E-state index contributed by atoms with van der Waals surface area (Å²) in [5, 5.41) is 11.2. The third-order valence-electron chi connectivity index (χ3n) is 2.34. The van der Waals surface area contributed by atoms with E-state index in [0.29, 0.717) is 26.2 Å². The highest BCUT2D eigenvalue weighted by Crippen LogP contribution is 2.07. The Morgan fingerprint density at radius 1 is 1.11 bits per heavy atom. The molecule has 0 aromatic heterocycles. The minimum atomic E-state index is 0.266. The predicted octanol–water partition coefficient (Wildman–Crippen LogP) is 2.00. The number of benzene rings is 1. The van der Waals surface area contributed by atoms with Gasteiger partial charge < -0.3 is 20.4 Å². The minimum Gasteiger partial charge on any atom is -0.491 e. The zero-order chi connectivity index (χ0) is 13.1. The topological polar surface area (TPSA) is 77.1 Å². The molecule has 0 spiro atoms. The second-order valence-electron chi connectivity index (χ2n) is 3.82. The molecule has 0 amide bonds. The molecule has 0 saturated carbocycles. The first kappa shape index (κ1) is 14.3. The molecule has 0 heterocycles. The minimum absolute atomic E-state index is 0.266. The van der Waals surface area contributed by atoms with Gasteiger partial charge in [0.15, 0.2) is 0 Å². The van der Waals surface area contributed by atoms with Crippen LogP contribution in [0.3, 0.4) is 0 Å². The molecule has 0 saturated heterocycles. The van der Waals surface area contributed by atoms with Gasteiger partial charge in [-0.2, -0.15) is 0 Å². The molecule has 0 bridgehead atoms. The van der Waals surface area contributed by atoms with E-state index < -0.39 is 0 Å². The molecule has 0 radical (unpaired) electrons.